The molecule has 0 atom stereocenters. The summed E-state index contributed by atoms with van der Waals surface area (Å²) in [5.41, 5.74) is 3.04. The van der Waals surface area contributed by atoms with Gasteiger partial charge in [-0.2, -0.15) is 0 Å². The standard InChI is InChI=1S/C7H5Cl3.2C7H7Cl/c8-7(9,10)6-4-2-1-3-5-6;2*8-6-7-4-2-1-3-5-7/h1-5H;2*1-5H,6H2. The molecular weight excluding hydrogens is 429 g/mol. The van der Waals surface area contributed by atoms with E-state index in [4.69, 9.17) is 58.0 Å². The normalized spacial score (nSPS) is 10.0. The van der Waals surface area contributed by atoms with Crippen LogP contribution in [-0.2, 0) is 15.6 Å². The lowest BCUT2D eigenvalue weighted by atomic mass is 10.2. The first-order chi connectivity index (χ1) is 12.5. The van der Waals surface area contributed by atoms with Crippen LogP contribution in [0.4, 0.5) is 0 Å². The third-order valence-electron chi connectivity index (χ3n) is 3.10. The predicted molar refractivity (Wildman–Crippen MR) is 118 cm³/mol. The van der Waals surface area contributed by atoms with Crippen molar-refractivity contribution in [1.29, 1.82) is 0 Å². The molecule has 3 aromatic carbocycles. The second-order valence-corrected chi connectivity index (χ2v) is 7.92. The zero-order chi connectivity index (χ0) is 19.3. The summed E-state index contributed by atoms with van der Waals surface area (Å²) in [7, 11) is 0. The molecule has 0 aliphatic heterocycles. The molecule has 0 unspecified atom stereocenters. The molecule has 3 aromatic rings. The van der Waals surface area contributed by atoms with Crippen molar-refractivity contribution in [2.24, 2.45) is 0 Å². The minimum atomic E-state index is -1.29. The Morgan fingerprint density at radius 1 is 0.500 bits per heavy atom. The zero-order valence-electron chi connectivity index (χ0n) is 14.0. The molecule has 5 heteroatoms. The fourth-order valence-electron chi connectivity index (χ4n) is 1.76. The van der Waals surface area contributed by atoms with Gasteiger partial charge in [0.25, 0.3) is 0 Å². The zero-order valence-corrected chi connectivity index (χ0v) is 17.7. The summed E-state index contributed by atoms with van der Waals surface area (Å²) in [6, 6.07) is 29.0. The van der Waals surface area contributed by atoms with Gasteiger partial charge in [-0.15, -0.1) is 23.2 Å². The van der Waals surface area contributed by atoms with E-state index in [1.165, 1.54) is 11.1 Å². The van der Waals surface area contributed by atoms with Gasteiger partial charge < -0.3 is 0 Å². The molecule has 0 aliphatic carbocycles. The van der Waals surface area contributed by atoms with Crippen molar-refractivity contribution in [3.8, 4) is 0 Å². The number of hydrogen-bond acceptors (Lipinski definition) is 0. The number of rotatable bonds is 2. The van der Waals surface area contributed by atoms with Gasteiger partial charge in [-0.3, -0.25) is 0 Å². The molecule has 0 bridgehead atoms. The molecular formula is C21H19Cl5. The summed E-state index contributed by atoms with van der Waals surface area (Å²) in [6.07, 6.45) is 0. The van der Waals surface area contributed by atoms with Crippen molar-refractivity contribution in [3.63, 3.8) is 0 Å². The summed E-state index contributed by atoms with van der Waals surface area (Å²) in [5.74, 6) is 1.22. The second-order valence-electron chi connectivity index (χ2n) is 5.10. The van der Waals surface area contributed by atoms with Gasteiger partial charge in [-0.05, 0) is 11.1 Å². The maximum Gasteiger partial charge on any atom is 0.216 e. The average molecular weight is 449 g/mol. The van der Waals surface area contributed by atoms with Crippen LogP contribution in [0.3, 0.4) is 0 Å². The Morgan fingerprint density at radius 2 is 0.808 bits per heavy atom. The molecule has 0 spiro atoms. The van der Waals surface area contributed by atoms with Gasteiger partial charge in [-0.1, -0.05) is 126 Å². The van der Waals surface area contributed by atoms with Crippen molar-refractivity contribution in [1.82, 2.24) is 0 Å². The predicted octanol–water partition coefficient (Wildman–Crippen LogP) is 8.36. The largest absolute Gasteiger partial charge is 0.216 e. The lowest BCUT2D eigenvalue weighted by molar-refractivity contribution is 1.24. The van der Waals surface area contributed by atoms with E-state index in [1.807, 2.05) is 78.9 Å². The summed E-state index contributed by atoms with van der Waals surface area (Å²) >= 11 is 27.8. The van der Waals surface area contributed by atoms with Gasteiger partial charge in [0.05, 0.1) is 0 Å². The number of alkyl halides is 5. The summed E-state index contributed by atoms with van der Waals surface area (Å²) in [5, 5.41) is 0. The molecule has 0 N–H and O–H groups in total. The Morgan fingerprint density at radius 3 is 1.00 bits per heavy atom. The van der Waals surface area contributed by atoms with E-state index in [1.54, 1.807) is 12.1 Å². The molecule has 138 valence electrons. The maximum absolute atomic E-state index is 5.59. The Bertz CT molecular complexity index is 655. The van der Waals surface area contributed by atoms with E-state index in [9.17, 15) is 0 Å². The third-order valence-corrected chi connectivity index (χ3v) is 4.37. The Kier molecular flexibility index (Phi) is 11.8. The van der Waals surface area contributed by atoms with Crippen LogP contribution in [-0.4, -0.2) is 0 Å². The quantitative estimate of drug-likeness (QED) is 0.345. The van der Waals surface area contributed by atoms with Gasteiger partial charge in [0, 0.05) is 17.3 Å². The van der Waals surface area contributed by atoms with E-state index in [0.717, 1.165) is 0 Å². The number of halogens is 5. The summed E-state index contributed by atoms with van der Waals surface area (Å²) in [6.45, 7) is 0. The number of hydrogen-bond donors (Lipinski definition) is 0. The van der Waals surface area contributed by atoms with Gasteiger partial charge in [-0.25, -0.2) is 0 Å². The van der Waals surface area contributed by atoms with Crippen LogP contribution in [0.2, 0.25) is 0 Å². The highest BCUT2D eigenvalue weighted by atomic mass is 35.6. The Labute approximate surface area is 180 Å². The van der Waals surface area contributed by atoms with Gasteiger partial charge in [0.2, 0.25) is 3.79 Å². The second kappa shape index (κ2) is 13.3. The van der Waals surface area contributed by atoms with Crippen LogP contribution in [0.25, 0.3) is 0 Å². The molecule has 3 rings (SSSR count). The molecule has 0 fully saturated rings. The fraction of sp³-hybridized carbons (Fsp3) is 0.143. The highest BCUT2D eigenvalue weighted by Gasteiger charge is 2.21. The van der Waals surface area contributed by atoms with Crippen LogP contribution in [0.5, 0.6) is 0 Å². The van der Waals surface area contributed by atoms with Crippen molar-refractivity contribution in [3.05, 3.63) is 108 Å². The Balaban J connectivity index is 0.000000197. The first-order valence-electron chi connectivity index (χ1n) is 7.79. The van der Waals surface area contributed by atoms with Gasteiger partial charge >= 0.3 is 0 Å². The molecule has 0 aromatic heterocycles. The molecule has 0 saturated heterocycles. The van der Waals surface area contributed by atoms with Crippen molar-refractivity contribution in [2.75, 3.05) is 0 Å². The van der Waals surface area contributed by atoms with Crippen LogP contribution in [0, 0.1) is 0 Å². The monoisotopic (exact) mass is 446 g/mol. The van der Waals surface area contributed by atoms with E-state index in [-0.39, 0.29) is 0 Å². The van der Waals surface area contributed by atoms with Crippen LogP contribution >= 0.6 is 58.0 Å². The first-order valence-corrected chi connectivity index (χ1v) is 9.99. The molecule has 0 saturated carbocycles. The minimum absolute atomic E-state index is 0.612. The SMILES string of the molecule is ClC(Cl)(Cl)c1ccccc1.ClCc1ccccc1.ClCc1ccccc1. The van der Waals surface area contributed by atoms with Crippen molar-refractivity contribution < 1.29 is 0 Å². The van der Waals surface area contributed by atoms with Crippen molar-refractivity contribution >= 4 is 58.0 Å². The van der Waals surface area contributed by atoms with Gasteiger partial charge in [0.1, 0.15) is 0 Å². The minimum Gasteiger partial charge on any atom is -0.122 e. The highest BCUT2D eigenvalue weighted by Crippen LogP contribution is 2.37. The van der Waals surface area contributed by atoms with Crippen LogP contribution in [0.15, 0.2) is 91.0 Å². The molecule has 0 amide bonds. The lowest BCUT2D eigenvalue weighted by Crippen LogP contribution is -1.98. The van der Waals surface area contributed by atoms with Gasteiger partial charge in [0.15, 0.2) is 0 Å². The molecule has 0 radical (unpaired) electrons. The first kappa shape index (κ1) is 23.1. The molecule has 0 heterocycles. The molecule has 26 heavy (non-hydrogen) atoms. The summed E-state index contributed by atoms with van der Waals surface area (Å²) < 4.78 is -1.29. The number of benzene rings is 3. The smallest absolute Gasteiger partial charge is 0.122 e. The summed E-state index contributed by atoms with van der Waals surface area (Å²) in [4.78, 5) is 0. The molecule has 0 aliphatic rings. The fourth-order valence-corrected chi connectivity index (χ4v) is 2.50. The van der Waals surface area contributed by atoms with E-state index in [2.05, 4.69) is 0 Å². The van der Waals surface area contributed by atoms with Crippen LogP contribution in [0.1, 0.15) is 16.7 Å². The highest BCUT2D eigenvalue weighted by molar-refractivity contribution is 6.66. The Hall–Kier alpha value is -0.890. The van der Waals surface area contributed by atoms with E-state index < -0.39 is 3.79 Å². The topological polar surface area (TPSA) is 0 Å². The van der Waals surface area contributed by atoms with E-state index in [0.29, 0.717) is 17.3 Å². The molecule has 0 nitrogen and oxygen atoms in total. The average Bonchev–Trinajstić information content (AvgIpc) is 2.70. The van der Waals surface area contributed by atoms with Crippen molar-refractivity contribution in [2.45, 2.75) is 15.6 Å². The maximum atomic E-state index is 5.59. The third kappa shape index (κ3) is 10.3. The lowest BCUT2D eigenvalue weighted by Gasteiger charge is -2.09. The van der Waals surface area contributed by atoms with Crippen LogP contribution < -0.4 is 0 Å². The van der Waals surface area contributed by atoms with E-state index >= 15 is 0 Å².